The second-order valence-corrected chi connectivity index (χ2v) is 6.45. The summed E-state index contributed by atoms with van der Waals surface area (Å²) >= 11 is 0. The van der Waals surface area contributed by atoms with Gasteiger partial charge < -0.3 is 16.3 Å². The van der Waals surface area contributed by atoms with Crippen molar-refractivity contribution >= 4 is 17.3 Å². The number of nitrogens with two attached hydrogens (primary N) is 1. The quantitative estimate of drug-likeness (QED) is 0.744. The van der Waals surface area contributed by atoms with E-state index in [2.05, 4.69) is 10.2 Å². The molecule has 1 aliphatic heterocycles. The topological polar surface area (TPSA) is 81.8 Å². The van der Waals surface area contributed by atoms with Crippen LogP contribution in [0.15, 0.2) is 42.5 Å². The molecule has 0 aromatic heterocycles. The van der Waals surface area contributed by atoms with Crippen LogP contribution in [0.4, 0.5) is 11.4 Å². The second-order valence-electron chi connectivity index (χ2n) is 6.45. The molecule has 1 saturated heterocycles. The van der Waals surface area contributed by atoms with Crippen molar-refractivity contribution in [3.05, 3.63) is 59.2 Å². The summed E-state index contributed by atoms with van der Waals surface area (Å²) in [6.45, 7) is 5.77. The van der Waals surface area contributed by atoms with Crippen molar-refractivity contribution in [2.75, 3.05) is 37.2 Å². The van der Waals surface area contributed by atoms with Gasteiger partial charge in [0.15, 0.2) is 0 Å². The van der Waals surface area contributed by atoms with Crippen LogP contribution in [0, 0.1) is 6.92 Å². The molecule has 0 unspecified atom stereocenters. The minimum absolute atomic E-state index is 0.149. The fourth-order valence-electron chi connectivity index (χ4n) is 2.84. The van der Waals surface area contributed by atoms with Crippen LogP contribution in [0.25, 0.3) is 0 Å². The van der Waals surface area contributed by atoms with Gasteiger partial charge in [0.2, 0.25) is 0 Å². The molecular weight excluding hydrogens is 316 g/mol. The number of benzene rings is 2. The van der Waals surface area contributed by atoms with E-state index >= 15 is 0 Å². The lowest BCUT2D eigenvalue weighted by Crippen LogP contribution is -2.44. The van der Waals surface area contributed by atoms with Crippen LogP contribution >= 0.6 is 0 Å². The van der Waals surface area contributed by atoms with Gasteiger partial charge in [0.1, 0.15) is 0 Å². The molecule has 0 saturated carbocycles. The Kier molecular flexibility index (Phi) is 5.33. The molecule has 25 heavy (non-hydrogen) atoms. The first-order valence-corrected chi connectivity index (χ1v) is 8.44. The first-order chi connectivity index (χ1) is 12.0. The highest BCUT2D eigenvalue weighted by molar-refractivity contribution is 6.04. The zero-order chi connectivity index (χ0) is 17.8. The summed E-state index contributed by atoms with van der Waals surface area (Å²) in [7, 11) is 0. The van der Waals surface area contributed by atoms with Crippen LogP contribution < -0.4 is 11.1 Å². The average molecular weight is 340 g/mol. The number of hydrogen-bond acceptors (Lipinski definition) is 5. The van der Waals surface area contributed by atoms with Crippen LogP contribution in [0.2, 0.25) is 0 Å². The summed E-state index contributed by atoms with van der Waals surface area (Å²) < 4.78 is 0. The minimum Gasteiger partial charge on any atom is -0.398 e. The Hall–Kier alpha value is -2.41. The molecule has 132 valence electrons. The van der Waals surface area contributed by atoms with Crippen LogP contribution in [-0.2, 0) is 6.54 Å². The van der Waals surface area contributed by atoms with E-state index in [0.717, 1.165) is 30.8 Å². The van der Waals surface area contributed by atoms with E-state index in [1.54, 1.807) is 6.07 Å². The van der Waals surface area contributed by atoms with Gasteiger partial charge in [-0.1, -0.05) is 18.2 Å². The molecule has 0 atom stereocenters. The highest BCUT2D eigenvalue weighted by atomic mass is 16.5. The van der Waals surface area contributed by atoms with Gasteiger partial charge >= 0.3 is 0 Å². The third kappa shape index (κ3) is 4.57. The number of carbonyl (C=O) groups excluding carboxylic acids is 1. The Morgan fingerprint density at radius 2 is 1.80 bits per heavy atom. The Morgan fingerprint density at radius 1 is 1.12 bits per heavy atom. The van der Waals surface area contributed by atoms with Gasteiger partial charge in [0, 0.05) is 49.7 Å². The fraction of sp³-hybridized carbons (Fsp3) is 0.316. The summed E-state index contributed by atoms with van der Waals surface area (Å²) in [5, 5.41) is 13.6. The standard InChI is InChI=1S/C19H24N4O2/c1-14-2-7-17(12-18(14)20)21-19(24)16-5-3-15(4-6-16)13-22-8-10-23(25)11-9-22/h2-7,12,25H,8-11,13,20H2,1H3,(H,21,24). The zero-order valence-corrected chi connectivity index (χ0v) is 14.4. The van der Waals surface area contributed by atoms with Crippen molar-refractivity contribution in [2.45, 2.75) is 13.5 Å². The third-order valence-electron chi connectivity index (χ3n) is 4.51. The van der Waals surface area contributed by atoms with Gasteiger partial charge in [-0.3, -0.25) is 9.69 Å². The number of nitrogens with one attached hydrogen (secondary N) is 1. The predicted octanol–water partition coefficient (Wildman–Crippen LogP) is 2.34. The van der Waals surface area contributed by atoms with E-state index < -0.39 is 0 Å². The van der Waals surface area contributed by atoms with E-state index in [1.165, 1.54) is 5.06 Å². The first kappa shape index (κ1) is 17.4. The molecule has 2 aromatic carbocycles. The Morgan fingerprint density at radius 3 is 2.44 bits per heavy atom. The number of hydrogen-bond donors (Lipinski definition) is 3. The molecule has 1 fully saturated rings. The highest BCUT2D eigenvalue weighted by Gasteiger charge is 2.15. The number of rotatable bonds is 4. The monoisotopic (exact) mass is 340 g/mol. The van der Waals surface area contributed by atoms with Gasteiger partial charge in [-0.15, -0.1) is 0 Å². The van der Waals surface area contributed by atoms with Gasteiger partial charge in [-0.25, -0.2) is 0 Å². The Bertz CT molecular complexity index is 738. The highest BCUT2D eigenvalue weighted by Crippen LogP contribution is 2.18. The van der Waals surface area contributed by atoms with E-state index in [0.29, 0.717) is 30.0 Å². The maximum Gasteiger partial charge on any atom is 0.255 e. The molecule has 6 heteroatoms. The predicted molar refractivity (Wildman–Crippen MR) is 98.6 cm³/mol. The van der Waals surface area contributed by atoms with Crippen molar-refractivity contribution in [2.24, 2.45) is 0 Å². The largest absolute Gasteiger partial charge is 0.398 e. The maximum atomic E-state index is 12.4. The lowest BCUT2D eigenvalue weighted by Gasteiger charge is -2.31. The Labute approximate surface area is 147 Å². The number of anilines is 2. The van der Waals surface area contributed by atoms with E-state index in [9.17, 15) is 10.0 Å². The molecule has 2 aromatic rings. The number of carbonyl (C=O) groups is 1. The van der Waals surface area contributed by atoms with Crippen LogP contribution in [0.3, 0.4) is 0 Å². The molecule has 0 aliphatic carbocycles. The summed E-state index contributed by atoms with van der Waals surface area (Å²) in [5.74, 6) is -0.149. The SMILES string of the molecule is Cc1ccc(NC(=O)c2ccc(CN3CCN(O)CC3)cc2)cc1N. The van der Waals surface area contributed by atoms with Crippen molar-refractivity contribution in [1.82, 2.24) is 9.96 Å². The molecule has 4 N–H and O–H groups in total. The number of nitrogen functional groups attached to an aromatic ring is 1. The fourth-order valence-corrected chi connectivity index (χ4v) is 2.84. The average Bonchev–Trinajstić information content (AvgIpc) is 2.61. The van der Waals surface area contributed by atoms with Gasteiger partial charge in [-0.2, -0.15) is 5.06 Å². The third-order valence-corrected chi connectivity index (χ3v) is 4.51. The summed E-state index contributed by atoms with van der Waals surface area (Å²) in [5.41, 5.74) is 9.99. The van der Waals surface area contributed by atoms with Gasteiger partial charge in [0.25, 0.3) is 5.91 Å². The molecule has 1 heterocycles. The van der Waals surface area contributed by atoms with Crippen LogP contribution in [0.1, 0.15) is 21.5 Å². The lowest BCUT2D eigenvalue weighted by molar-refractivity contribution is -0.118. The first-order valence-electron chi connectivity index (χ1n) is 8.44. The summed E-state index contributed by atoms with van der Waals surface area (Å²) in [6, 6.07) is 13.1. The van der Waals surface area contributed by atoms with E-state index in [-0.39, 0.29) is 5.91 Å². The minimum atomic E-state index is -0.149. The molecule has 0 bridgehead atoms. The summed E-state index contributed by atoms with van der Waals surface area (Å²) in [4.78, 5) is 14.6. The zero-order valence-electron chi connectivity index (χ0n) is 14.4. The number of amides is 1. The van der Waals surface area contributed by atoms with E-state index in [1.807, 2.05) is 43.3 Å². The van der Waals surface area contributed by atoms with E-state index in [4.69, 9.17) is 5.73 Å². The molecule has 6 nitrogen and oxygen atoms in total. The second kappa shape index (κ2) is 7.65. The molecule has 0 radical (unpaired) electrons. The molecule has 1 amide bonds. The molecule has 0 spiro atoms. The molecule has 3 rings (SSSR count). The van der Waals surface area contributed by atoms with Crippen molar-refractivity contribution in [3.63, 3.8) is 0 Å². The van der Waals surface area contributed by atoms with Crippen LogP contribution in [0.5, 0.6) is 0 Å². The van der Waals surface area contributed by atoms with Crippen molar-refractivity contribution in [1.29, 1.82) is 0 Å². The van der Waals surface area contributed by atoms with Crippen molar-refractivity contribution in [3.8, 4) is 0 Å². The normalized spacial score (nSPS) is 15.9. The summed E-state index contributed by atoms with van der Waals surface area (Å²) in [6.07, 6.45) is 0. The number of aryl methyl sites for hydroxylation is 1. The molecule has 1 aliphatic rings. The van der Waals surface area contributed by atoms with Gasteiger partial charge in [0.05, 0.1) is 0 Å². The Balaban J connectivity index is 1.59. The number of hydroxylamine groups is 2. The maximum absolute atomic E-state index is 12.4. The number of piperazine rings is 1. The lowest BCUT2D eigenvalue weighted by atomic mass is 10.1. The van der Waals surface area contributed by atoms with Gasteiger partial charge in [-0.05, 0) is 42.3 Å². The molecular formula is C19H24N4O2. The van der Waals surface area contributed by atoms with Crippen molar-refractivity contribution < 1.29 is 10.0 Å². The smallest absolute Gasteiger partial charge is 0.255 e. The van der Waals surface area contributed by atoms with Crippen LogP contribution in [-0.4, -0.2) is 47.3 Å². The number of nitrogens with zero attached hydrogens (tertiary/aromatic N) is 2.